The van der Waals surface area contributed by atoms with Crippen LogP contribution in [0.2, 0.25) is 0 Å². The lowest BCUT2D eigenvalue weighted by atomic mass is 9.99. The van der Waals surface area contributed by atoms with Crippen LogP contribution < -0.4 is 15.5 Å². The maximum Gasteiger partial charge on any atom is 0.328 e. The number of ether oxygens (including phenoxy) is 1. The van der Waals surface area contributed by atoms with Gasteiger partial charge in [0, 0.05) is 5.54 Å². The molecule has 1 unspecified atom stereocenters. The summed E-state index contributed by atoms with van der Waals surface area (Å²) in [6, 6.07) is -0.659. The number of methoxy groups -OCH3 is 1. The van der Waals surface area contributed by atoms with Gasteiger partial charge in [0.05, 0.1) is 14.2 Å². The number of hydrogen-bond acceptors (Lipinski definition) is 4. The number of rotatable bonds is 8. The normalized spacial score (nSPS) is 15.3. The number of carbonyl (C=O) groups is 3. The number of amides is 2. The van der Waals surface area contributed by atoms with Crippen LogP contribution in [0.15, 0.2) is 0 Å². The predicted octanol–water partition coefficient (Wildman–Crippen LogP) is -0.880. The number of quaternary nitrogens is 1. The number of nitrogens with one attached hydrogen (secondary N) is 3. The molecule has 0 aromatic rings. The SMILES string of the molecule is CC[C@H](C)[C@H](NC(=O)C[NH+](C)CC(=O)NC(C)(C)C)C(=O)OC. The van der Waals surface area contributed by atoms with E-state index >= 15 is 0 Å². The molecule has 0 bridgehead atoms. The second-order valence-electron chi connectivity index (χ2n) is 7.06. The summed E-state index contributed by atoms with van der Waals surface area (Å²) in [7, 11) is 3.07. The maximum absolute atomic E-state index is 12.1. The van der Waals surface area contributed by atoms with Crippen LogP contribution in [0.3, 0.4) is 0 Å². The quantitative estimate of drug-likeness (QED) is 0.504. The maximum atomic E-state index is 12.1. The van der Waals surface area contributed by atoms with Gasteiger partial charge in [-0.2, -0.15) is 0 Å². The molecule has 3 atom stereocenters. The van der Waals surface area contributed by atoms with Gasteiger partial charge >= 0.3 is 5.97 Å². The molecule has 7 heteroatoms. The van der Waals surface area contributed by atoms with E-state index in [4.69, 9.17) is 4.74 Å². The van der Waals surface area contributed by atoms with Gasteiger partial charge in [0.25, 0.3) is 11.8 Å². The fourth-order valence-electron chi connectivity index (χ4n) is 2.09. The number of hydrogen-bond donors (Lipinski definition) is 3. The molecule has 0 saturated heterocycles. The van der Waals surface area contributed by atoms with Gasteiger partial charge in [-0.1, -0.05) is 20.3 Å². The molecule has 0 aliphatic rings. The van der Waals surface area contributed by atoms with Crippen molar-refractivity contribution in [3.8, 4) is 0 Å². The van der Waals surface area contributed by atoms with Crippen LogP contribution >= 0.6 is 0 Å². The molecule has 0 aromatic carbocycles. The van der Waals surface area contributed by atoms with E-state index in [-0.39, 0.29) is 36.4 Å². The molecule has 0 spiro atoms. The summed E-state index contributed by atoms with van der Waals surface area (Å²) in [4.78, 5) is 36.5. The summed E-state index contributed by atoms with van der Waals surface area (Å²) >= 11 is 0. The summed E-state index contributed by atoms with van der Waals surface area (Å²) in [6.07, 6.45) is 0.747. The fraction of sp³-hybridized carbons (Fsp3) is 0.812. The van der Waals surface area contributed by atoms with Crippen molar-refractivity contribution < 1.29 is 24.0 Å². The van der Waals surface area contributed by atoms with Crippen molar-refractivity contribution in [1.82, 2.24) is 10.6 Å². The Morgan fingerprint density at radius 3 is 2.09 bits per heavy atom. The molecule has 3 N–H and O–H groups in total. The average molecular weight is 330 g/mol. The first-order chi connectivity index (χ1) is 10.5. The molecular weight excluding hydrogens is 298 g/mol. The van der Waals surface area contributed by atoms with Crippen molar-refractivity contribution in [1.29, 1.82) is 0 Å². The zero-order valence-corrected chi connectivity index (χ0v) is 15.4. The molecule has 23 heavy (non-hydrogen) atoms. The van der Waals surface area contributed by atoms with Gasteiger partial charge < -0.3 is 20.3 Å². The van der Waals surface area contributed by atoms with Crippen LogP contribution in [0.1, 0.15) is 41.0 Å². The lowest BCUT2D eigenvalue weighted by molar-refractivity contribution is -0.862. The Hall–Kier alpha value is -1.63. The topological polar surface area (TPSA) is 88.9 Å². The number of carbonyl (C=O) groups excluding carboxylic acids is 3. The third-order valence-electron chi connectivity index (χ3n) is 3.42. The smallest absolute Gasteiger partial charge is 0.328 e. The Morgan fingerprint density at radius 2 is 1.65 bits per heavy atom. The van der Waals surface area contributed by atoms with E-state index in [1.54, 1.807) is 7.05 Å². The molecule has 0 saturated carbocycles. The van der Waals surface area contributed by atoms with E-state index in [1.807, 2.05) is 34.6 Å². The Morgan fingerprint density at radius 1 is 1.13 bits per heavy atom. The van der Waals surface area contributed by atoms with Gasteiger partial charge in [-0.3, -0.25) is 9.59 Å². The van der Waals surface area contributed by atoms with E-state index in [0.717, 1.165) is 11.3 Å². The van der Waals surface area contributed by atoms with Crippen LogP contribution in [-0.2, 0) is 19.1 Å². The standard InChI is InChI=1S/C16H31N3O4/c1-8-11(2)14(15(22)23-7)17-12(20)9-19(6)10-13(21)18-16(3,4)5/h11,14H,8-10H2,1-7H3,(H,17,20)(H,18,21)/p+1/t11-,14-/m0/s1. The van der Waals surface area contributed by atoms with Gasteiger partial charge in [-0.05, 0) is 26.7 Å². The Kier molecular flexibility index (Phi) is 8.82. The Balaban J connectivity index is 4.50. The van der Waals surface area contributed by atoms with Gasteiger partial charge in [0.15, 0.2) is 13.1 Å². The van der Waals surface area contributed by atoms with Crippen molar-refractivity contribution in [2.45, 2.75) is 52.6 Å². The highest BCUT2D eigenvalue weighted by molar-refractivity contribution is 5.85. The van der Waals surface area contributed by atoms with E-state index in [0.29, 0.717) is 0 Å². The molecule has 7 nitrogen and oxygen atoms in total. The minimum absolute atomic E-state index is 0.0177. The second-order valence-corrected chi connectivity index (χ2v) is 7.06. The Bertz CT molecular complexity index is 418. The van der Waals surface area contributed by atoms with E-state index < -0.39 is 12.0 Å². The Labute approximate surface area is 139 Å². The highest BCUT2D eigenvalue weighted by Gasteiger charge is 2.28. The highest BCUT2D eigenvalue weighted by atomic mass is 16.5. The van der Waals surface area contributed by atoms with E-state index in [1.165, 1.54) is 7.11 Å². The highest BCUT2D eigenvalue weighted by Crippen LogP contribution is 2.08. The van der Waals surface area contributed by atoms with Crippen molar-refractivity contribution >= 4 is 17.8 Å². The first-order valence-corrected chi connectivity index (χ1v) is 7.99. The van der Waals surface area contributed by atoms with Gasteiger partial charge in [0.1, 0.15) is 6.04 Å². The third-order valence-corrected chi connectivity index (χ3v) is 3.42. The van der Waals surface area contributed by atoms with Crippen molar-refractivity contribution in [2.75, 3.05) is 27.2 Å². The summed E-state index contributed by atoms with van der Waals surface area (Å²) in [5.74, 6) is -0.859. The molecule has 0 radical (unpaired) electrons. The minimum atomic E-state index is -0.659. The van der Waals surface area contributed by atoms with Crippen LogP contribution in [0.5, 0.6) is 0 Å². The van der Waals surface area contributed by atoms with Gasteiger partial charge in [0.2, 0.25) is 0 Å². The summed E-state index contributed by atoms with van der Waals surface area (Å²) in [6.45, 7) is 9.84. The van der Waals surface area contributed by atoms with Crippen LogP contribution in [0.25, 0.3) is 0 Å². The second kappa shape index (κ2) is 9.50. The zero-order chi connectivity index (χ0) is 18.2. The van der Waals surface area contributed by atoms with Crippen molar-refractivity contribution in [3.05, 3.63) is 0 Å². The molecule has 0 heterocycles. The predicted molar refractivity (Wildman–Crippen MR) is 87.9 cm³/mol. The average Bonchev–Trinajstić information content (AvgIpc) is 2.40. The molecule has 0 aliphatic carbocycles. The monoisotopic (exact) mass is 330 g/mol. The summed E-state index contributed by atoms with van der Waals surface area (Å²) < 4.78 is 4.74. The van der Waals surface area contributed by atoms with Crippen LogP contribution in [-0.4, -0.2) is 56.6 Å². The van der Waals surface area contributed by atoms with Crippen LogP contribution in [0.4, 0.5) is 0 Å². The lowest BCUT2D eigenvalue weighted by Gasteiger charge is -2.23. The largest absolute Gasteiger partial charge is 0.467 e. The van der Waals surface area contributed by atoms with Crippen molar-refractivity contribution in [2.24, 2.45) is 5.92 Å². The first-order valence-electron chi connectivity index (χ1n) is 7.99. The number of likely N-dealkylation sites (N-methyl/N-ethyl adjacent to an activating group) is 1. The molecule has 0 aliphatic heterocycles. The lowest BCUT2D eigenvalue weighted by Crippen LogP contribution is -3.11. The minimum Gasteiger partial charge on any atom is -0.467 e. The first kappa shape index (κ1) is 21.4. The summed E-state index contributed by atoms with van der Waals surface area (Å²) in [5, 5.41) is 5.56. The van der Waals surface area contributed by atoms with Gasteiger partial charge in [-0.25, -0.2) is 4.79 Å². The molecule has 0 aromatic heterocycles. The molecule has 2 amide bonds. The van der Waals surface area contributed by atoms with Crippen LogP contribution in [0, 0.1) is 5.92 Å². The zero-order valence-electron chi connectivity index (χ0n) is 15.4. The van der Waals surface area contributed by atoms with Crippen molar-refractivity contribution in [3.63, 3.8) is 0 Å². The fourth-order valence-corrected chi connectivity index (χ4v) is 2.09. The van der Waals surface area contributed by atoms with E-state index in [9.17, 15) is 14.4 Å². The molecular formula is C16H32N3O4+. The molecule has 134 valence electrons. The van der Waals surface area contributed by atoms with Gasteiger partial charge in [-0.15, -0.1) is 0 Å². The third kappa shape index (κ3) is 9.18. The molecule has 0 rings (SSSR count). The molecule has 0 fully saturated rings. The number of esters is 1. The summed E-state index contributed by atoms with van der Waals surface area (Å²) in [5.41, 5.74) is -0.299. The van der Waals surface area contributed by atoms with E-state index in [2.05, 4.69) is 10.6 Å².